The van der Waals surface area contributed by atoms with Crippen LogP contribution < -0.4 is 0 Å². The fourth-order valence-corrected chi connectivity index (χ4v) is 2.83. The molecule has 1 aliphatic rings. The molecule has 4 nitrogen and oxygen atoms in total. The maximum absolute atomic E-state index is 6.06. The van der Waals surface area contributed by atoms with E-state index in [1.54, 1.807) is 6.20 Å². The fraction of sp³-hybridized carbons (Fsp3) is 0.0625. The van der Waals surface area contributed by atoms with Crippen LogP contribution in [0.15, 0.2) is 41.7 Å². The average molecular weight is 296 g/mol. The molecule has 0 unspecified atom stereocenters. The Morgan fingerprint density at radius 1 is 1.19 bits per heavy atom. The van der Waals surface area contributed by atoms with Gasteiger partial charge in [0.05, 0.1) is 16.7 Å². The zero-order chi connectivity index (χ0) is 14.4. The van der Waals surface area contributed by atoms with Crippen molar-refractivity contribution in [3.8, 4) is 0 Å². The second-order valence-corrected chi connectivity index (χ2v) is 5.17. The van der Waals surface area contributed by atoms with Gasteiger partial charge in [0, 0.05) is 27.6 Å². The number of nitrogens with zero attached hydrogens (tertiary/aromatic N) is 3. The number of hydrogen-bond acceptors (Lipinski definition) is 4. The summed E-state index contributed by atoms with van der Waals surface area (Å²) in [4.78, 5) is 14.1. The van der Waals surface area contributed by atoms with E-state index in [0.717, 1.165) is 38.8 Å². The van der Waals surface area contributed by atoms with Gasteiger partial charge in [-0.2, -0.15) is 0 Å². The molecule has 0 N–H and O–H groups in total. The van der Waals surface area contributed by atoms with E-state index in [1.807, 2.05) is 36.4 Å². The van der Waals surface area contributed by atoms with Crippen LogP contribution in [-0.2, 0) is 4.84 Å². The number of oxime groups is 1. The van der Waals surface area contributed by atoms with Gasteiger partial charge in [-0.05, 0) is 36.4 Å². The van der Waals surface area contributed by atoms with Gasteiger partial charge in [0.15, 0.2) is 0 Å². The predicted molar refractivity (Wildman–Crippen MR) is 84.6 cm³/mol. The number of fused-ring (bicyclic) bond motifs is 2. The Labute approximate surface area is 125 Å². The first-order chi connectivity index (χ1) is 10.3. The van der Waals surface area contributed by atoms with Gasteiger partial charge in [-0.3, -0.25) is 4.98 Å². The molecule has 0 radical (unpaired) electrons. The monoisotopic (exact) mass is 295 g/mol. The first-order valence-corrected chi connectivity index (χ1v) is 6.83. The number of benzene rings is 1. The van der Waals surface area contributed by atoms with Crippen molar-refractivity contribution in [2.45, 2.75) is 0 Å². The van der Waals surface area contributed by atoms with E-state index in [9.17, 15) is 0 Å². The highest BCUT2D eigenvalue weighted by Crippen LogP contribution is 2.32. The van der Waals surface area contributed by atoms with E-state index in [1.165, 1.54) is 7.11 Å². The normalized spacial score (nSPS) is 15.0. The average Bonchev–Trinajstić information content (AvgIpc) is 2.50. The van der Waals surface area contributed by atoms with Crippen LogP contribution in [0.4, 0.5) is 0 Å². The molecule has 21 heavy (non-hydrogen) atoms. The minimum Gasteiger partial charge on any atom is -0.399 e. The van der Waals surface area contributed by atoms with Gasteiger partial charge >= 0.3 is 0 Å². The smallest absolute Gasteiger partial charge is 0.110 e. The Bertz CT molecular complexity index is 947. The summed E-state index contributed by atoms with van der Waals surface area (Å²) < 4.78 is 0. The summed E-state index contributed by atoms with van der Waals surface area (Å²) in [5.41, 5.74) is 4.36. The number of hydrogen-bond donors (Lipinski definition) is 0. The highest BCUT2D eigenvalue weighted by molar-refractivity contribution is 6.31. The lowest BCUT2D eigenvalue weighted by Crippen LogP contribution is -2.06. The molecular formula is C16H10ClN3O. The van der Waals surface area contributed by atoms with E-state index in [0.29, 0.717) is 5.02 Å². The van der Waals surface area contributed by atoms with Gasteiger partial charge in [0.25, 0.3) is 0 Å². The topological polar surface area (TPSA) is 47.4 Å². The highest BCUT2D eigenvalue weighted by atomic mass is 35.5. The molecule has 2 aromatic heterocycles. The quantitative estimate of drug-likeness (QED) is 0.506. The second-order valence-electron chi connectivity index (χ2n) is 4.73. The molecule has 4 rings (SSSR count). The zero-order valence-corrected chi connectivity index (χ0v) is 11.9. The van der Waals surface area contributed by atoms with Crippen molar-refractivity contribution in [3.05, 3.63) is 52.8 Å². The molecule has 0 atom stereocenters. The van der Waals surface area contributed by atoms with Crippen molar-refractivity contribution in [1.82, 2.24) is 9.97 Å². The molecule has 0 saturated carbocycles. The summed E-state index contributed by atoms with van der Waals surface area (Å²) in [5, 5.41) is 6.69. The maximum atomic E-state index is 6.06. The SMILES string of the molecule is CO/N=C1\C=Cc2nc3cc(Cl)ccc3c3nccc1c23. The number of halogens is 1. The Morgan fingerprint density at radius 3 is 2.95 bits per heavy atom. The van der Waals surface area contributed by atoms with Gasteiger partial charge in [0.2, 0.25) is 0 Å². The summed E-state index contributed by atoms with van der Waals surface area (Å²) >= 11 is 6.06. The van der Waals surface area contributed by atoms with Crippen molar-refractivity contribution >= 4 is 45.2 Å². The highest BCUT2D eigenvalue weighted by Gasteiger charge is 2.18. The van der Waals surface area contributed by atoms with Gasteiger partial charge in [0.1, 0.15) is 12.8 Å². The van der Waals surface area contributed by atoms with Crippen LogP contribution in [0.5, 0.6) is 0 Å². The molecule has 0 spiro atoms. The molecule has 2 heterocycles. The number of aromatic nitrogens is 2. The van der Waals surface area contributed by atoms with Crippen molar-refractivity contribution in [2.24, 2.45) is 5.16 Å². The van der Waals surface area contributed by atoms with E-state index in [4.69, 9.17) is 16.4 Å². The van der Waals surface area contributed by atoms with E-state index < -0.39 is 0 Å². The number of rotatable bonds is 1. The van der Waals surface area contributed by atoms with Gasteiger partial charge in [-0.1, -0.05) is 16.8 Å². The zero-order valence-electron chi connectivity index (χ0n) is 11.2. The third-order valence-electron chi connectivity index (χ3n) is 3.53. The molecule has 0 amide bonds. The first-order valence-electron chi connectivity index (χ1n) is 6.45. The number of pyridine rings is 2. The largest absolute Gasteiger partial charge is 0.399 e. The Balaban J connectivity index is 2.19. The van der Waals surface area contributed by atoms with Crippen molar-refractivity contribution in [1.29, 1.82) is 0 Å². The minimum atomic E-state index is 0.666. The van der Waals surface area contributed by atoms with Crippen LogP contribution in [0.2, 0.25) is 5.02 Å². The lowest BCUT2D eigenvalue weighted by atomic mass is 9.96. The van der Waals surface area contributed by atoms with E-state index in [-0.39, 0.29) is 0 Å². The first kappa shape index (κ1) is 12.3. The predicted octanol–water partition coefficient (Wildman–Crippen LogP) is 3.81. The van der Waals surface area contributed by atoms with E-state index >= 15 is 0 Å². The van der Waals surface area contributed by atoms with Crippen LogP contribution in [0.25, 0.3) is 27.9 Å². The number of allylic oxidation sites excluding steroid dienone is 1. The third kappa shape index (κ3) is 1.80. The van der Waals surface area contributed by atoms with Crippen molar-refractivity contribution in [3.63, 3.8) is 0 Å². The van der Waals surface area contributed by atoms with Crippen LogP contribution in [0.3, 0.4) is 0 Å². The lowest BCUT2D eigenvalue weighted by molar-refractivity contribution is 0.214. The van der Waals surface area contributed by atoms with Crippen LogP contribution >= 0.6 is 11.6 Å². The van der Waals surface area contributed by atoms with Crippen molar-refractivity contribution in [2.75, 3.05) is 7.11 Å². The van der Waals surface area contributed by atoms with Crippen molar-refractivity contribution < 1.29 is 4.84 Å². The molecule has 5 heteroatoms. The Hall–Kier alpha value is -2.46. The Kier molecular flexibility index (Phi) is 2.65. The molecule has 3 aromatic rings. The van der Waals surface area contributed by atoms with Crippen LogP contribution in [-0.4, -0.2) is 22.8 Å². The van der Waals surface area contributed by atoms with Gasteiger partial charge < -0.3 is 4.84 Å². The fourth-order valence-electron chi connectivity index (χ4n) is 2.67. The van der Waals surface area contributed by atoms with E-state index in [2.05, 4.69) is 15.1 Å². The molecular weight excluding hydrogens is 286 g/mol. The molecule has 0 saturated heterocycles. The van der Waals surface area contributed by atoms with Gasteiger partial charge in [-0.15, -0.1) is 0 Å². The summed E-state index contributed by atoms with van der Waals surface area (Å²) in [5.74, 6) is 0. The molecule has 1 aliphatic carbocycles. The van der Waals surface area contributed by atoms with Gasteiger partial charge in [-0.25, -0.2) is 4.98 Å². The third-order valence-corrected chi connectivity index (χ3v) is 3.76. The summed E-state index contributed by atoms with van der Waals surface area (Å²) in [6.07, 6.45) is 5.60. The molecule has 0 aliphatic heterocycles. The molecule has 0 bridgehead atoms. The minimum absolute atomic E-state index is 0.666. The summed E-state index contributed by atoms with van der Waals surface area (Å²) in [6.45, 7) is 0. The molecule has 1 aromatic carbocycles. The molecule has 0 fully saturated rings. The maximum Gasteiger partial charge on any atom is 0.110 e. The second kappa shape index (κ2) is 4.53. The molecule has 102 valence electrons. The lowest BCUT2D eigenvalue weighted by Gasteiger charge is -2.14. The van der Waals surface area contributed by atoms with Crippen LogP contribution in [0, 0.1) is 0 Å². The van der Waals surface area contributed by atoms with Crippen LogP contribution in [0.1, 0.15) is 11.3 Å². The Morgan fingerprint density at radius 2 is 2.10 bits per heavy atom. The standard InChI is InChI=1S/C16H10ClN3O/c1-21-20-12-4-5-13-15-10(12)6-7-18-16(15)11-3-2-9(17)8-14(11)19-13/h2-8H,1H3/b20-12+. The summed E-state index contributed by atoms with van der Waals surface area (Å²) in [6, 6.07) is 7.58. The summed E-state index contributed by atoms with van der Waals surface area (Å²) in [7, 11) is 1.54.